The Kier molecular flexibility index (Phi) is 6.32. The zero-order valence-electron chi connectivity index (χ0n) is 14.4. The van der Waals surface area contributed by atoms with Crippen LogP contribution in [0.25, 0.3) is 0 Å². The highest BCUT2D eigenvalue weighted by Crippen LogP contribution is 2.17. The van der Waals surface area contributed by atoms with Gasteiger partial charge in [0.15, 0.2) is 0 Å². The van der Waals surface area contributed by atoms with E-state index >= 15 is 0 Å². The SMILES string of the molecule is O=C(N[C@H]1C=C[C@@H](CC(=O)N2CCOCC2)O[C@@H]1CO)c1ccccn1. The van der Waals surface area contributed by atoms with Crippen molar-refractivity contribution < 1.29 is 24.2 Å². The molecule has 8 heteroatoms. The molecule has 1 aromatic heterocycles. The van der Waals surface area contributed by atoms with Gasteiger partial charge >= 0.3 is 0 Å². The molecule has 0 aromatic carbocycles. The highest BCUT2D eigenvalue weighted by atomic mass is 16.5. The lowest BCUT2D eigenvalue weighted by atomic mass is 10.0. The summed E-state index contributed by atoms with van der Waals surface area (Å²) in [6, 6.07) is 4.59. The third-order valence-electron chi connectivity index (χ3n) is 4.40. The number of morpholine rings is 1. The van der Waals surface area contributed by atoms with Crippen LogP contribution in [0.3, 0.4) is 0 Å². The van der Waals surface area contributed by atoms with Gasteiger partial charge in [-0.25, -0.2) is 0 Å². The number of pyridine rings is 1. The Hall–Kier alpha value is -2.29. The molecule has 8 nitrogen and oxygen atoms in total. The number of carbonyl (C=O) groups is 2. The van der Waals surface area contributed by atoms with Crippen molar-refractivity contribution in [1.29, 1.82) is 0 Å². The first-order valence-electron chi connectivity index (χ1n) is 8.69. The summed E-state index contributed by atoms with van der Waals surface area (Å²) in [4.78, 5) is 30.3. The second kappa shape index (κ2) is 8.88. The fourth-order valence-corrected chi connectivity index (χ4v) is 2.97. The first-order valence-corrected chi connectivity index (χ1v) is 8.69. The topological polar surface area (TPSA) is 101 Å². The largest absolute Gasteiger partial charge is 0.394 e. The summed E-state index contributed by atoms with van der Waals surface area (Å²) in [5, 5.41) is 12.4. The minimum atomic E-state index is -0.616. The molecule has 26 heavy (non-hydrogen) atoms. The normalized spacial score (nSPS) is 25.7. The first-order chi connectivity index (χ1) is 12.7. The molecule has 140 valence electrons. The predicted octanol–water partition coefficient (Wildman–Crippen LogP) is -0.255. The van der Waals surface area contributed by atoms with Crippen molar-refractivity contribution in [3.8, 4) is 0 Å². The lowest BCUT2D eigenvalue weighted by molar-refractivity contribution is -0.139. The van der Waals surface area contributed by atoms with E-state index in [1.54, 1.807) is 41.4 Å². The van der Waals surface area contributed by atoms with Crippen LogP contribution in [0, 0.1) is 0 Å². The van der Waals surface area contributed by atoms with Gasteiger partial charge in [0.1, 0.15) is 11.8 Å². The van der Waals surface area contributed by atoms with E-state index in [1.807, 2.05) is 0 Å². The summed E-state index contributed by atoms with van der Waals surface area (Å²) >= 11 is 0. The van der Waals surface area contributed by atoms with Gasteiger partial charge in [-0.05, 0) is 12.1 Å². The second-order valence-electron chi connectivity index (χ2n) is 6.19. The van der Waals surface area contributed by atoms with E-state index in [1.165, 1.54) is 0 Å². The molecular weight excluding hydrogens is 338 g/mol. The molecule has 2 aliphatic heterocycles. The number of aromatic nitrogens is 1. The van der Waals surface area contributed by atoms with Crippen molar-refractivity contribution in [2.75, 3.05) is 32.9 Å². The number of aliphatic hydroxyl groups is 1. The van der Waals surface area contributed by atoms with E-state index in [0.29, 0.717) is 32.0 Å². The van der Waals surface area contributed by atoms with Gasteiger partial charge in [0.05, 0.1) is 38.4 Å². The van der Waals surface area contributed by atoms with Crippen LogP contribution in [-0.2, 0) is 14.3 Å². The molecule has 3 heterocycles. The van der Waals surface area contributed by atoms with Crippen LogP contribution in [0.2, 0.25) is 0 Å². The average Bonchev–Trinajstić information content (AvgIpc) is 2.70. The molecular formula is C18H23N3O5. The quantitative estimate of drug-likeness (QED) is 0.701. The molecule has 0 saturated carbocycles. The lowest BCUT2D eigenvalue weighted by Gasteiger charge is -2.33. The van der Waals surface area contributed by atoms with Crippen molar-refractivity contribution in [2.24, 2.45) is 0 Å². The van der Waals surface area contributed by atoms with Crippen molar-refractivity contribution in [3.63, 3.8) is 0 Å². The zero-order chi connectivity index (χ0) is 18.4. The number of nitrogens with zero attached hydrogens (tertiary/aromatic N) is 2. The zero-order valence-corrected chi connectivity index (χ0v) is 14.4. The molecule has 0 aliphatic carbocycles. The Balaban J connectivity index is 1.57. The number of amides is 2. The van der Waals surface area contributed by atoms with Gasteiger partial charge in [-0.3, -0.25) is 14.6 Å². The van der Waals surface area contributed by atoms with Gasteiger partial charge in [-0.2, -0.15) is 0 Å². The molecule has 1 saturated heterocycles. The number of hydrogen-bond acceptors (Lipinski definition) is 6. The molecule has 2 amide bonds. The van der Waals surface area contributed by atoms with Gasteiger partial charge in [0.25, 0.3) is 5.91 Å². The number of ether oxygens (including phenoxy) is 2. The summed E-state index contributed by atoms with van der Waals surface area (Å²) in [5.41, 5.74) is 0.294. The molecule has 2 N–H and O–H groups in total. The summed E-state index contributed by atoms with van der Waals surface area (Å²) < 4.78 is 11.0. The number of aliphatic hydroxyl groups excluding tert-OH is 1. The first kappa shape index (κ1) is 18.5. The molecule has 2 aliphatic rings. The molecule has 0 spiro atoms. The maximum Gasteiger partial charge on any atom is 0.270 e. The minimum Gasteiger partial charge on any atom is -0.394 e. The van der Waals surface area contributed by atoms with Gasteiger partial charge in [0, 0.05) is 19.3 Å². The molecule has 0 unspecified atom stereocenters. The van der Waals surface area contributed by atoms with E-state index < -0.39 is 18.2 Å². The fourth-order valence-electron chi connectivity index (χ4n) is 2.97. The van der Waals surface area contributed by atoms with Crippen molar-refractivity contribution in [2.45, 2.75) is 24.7 Å². The highest BCUT2D eigenvalue weighted by Gasteiger charge is 2.30. The Labute approximate surface area is 151 Å². The van der Waals surface area contributed by atoms with E-state index in [2.05, 4.69) is 10.3 Å². The monoisotopic (exact) mass is 361 g/mol. The number of hydrogen-bond donors (Lipinski definition) is 2. The van der Waals surface area contributed by atoms with E-state index in [0.717, 1.165) is 0 Å². The van der Waals surface area contributed by atoms with Crippen molar-refractivity contribution >= 4 is 11.8 Å². The van der Waals surface area contributed by atoms with E-state index in [-0.39, 0.29) is 24.8 Å². The lowest BCUT2D eigenvalue weighted by Crippen LogP contribution is -2.49. The number of carbonyl (C=O) groups excluding carboxylic acids is 2. The van der Waals surface area contributed by atoms with Crippen LogP contribution >= 0.6 is 0 Å². The smallest absolute Gasteiger partial charge is 0.270 e. The number of rotatable bonds is 5. The molecule has 1 fully saturated rings. The Morgan fingerprint density at radius 3 is 2.77 bits per heavy atom. The third kappa shape index (κ3) is 4.66. The Bertz CT molecular complexity index is 645. The predicted molar refractivity (Wildman–Crippen MR) is 92.4 cm³/mol. The molecule has 0 radical (unpaired) electrons. The molecule has 3 atom stereocenters. The summed E-state index contributed by atoms with van der Waals surface area (Å²) in [6.07, 6.45) is 4.23. The average molecular weight is 361 g/mol. The van der Waals surface area contributed by atoms with Crippen LogP contribution in [0.5, 0.6) is 0 Å². The van der Waals surface area contributed by atoms with Gasteiger partial charge in [-0.1, -0.05) is 18.2 Å². The van der Waals surface area contributed by atoms with Crippen LogP contribution in [0.1, 0.15) is 16.9 Å². The Morgan fingerprint density at radius 1 is 1.27 bits per heavy atom. The molecule has 1 aromatic rings. The van der Waals surface area contributed by atoms with E-state index in [4.69, 9.17) is 9.47 Å². The fraction of sp³-hybridized carbons (Fsp3) is 0.500. The molecule has 0 bridgehead atoms. The van der Waals surface area contributed by atoms with Crippen LogP contribution in [0.4, 0.5) is 0 Å². The van der Waals surface area contributed by atoms with Crippen LogP contribution in [-0.4, -0.2) is 78.0 Å². The molecule has 3 rings (SSSR count). The van der Waals surface area contributed by atoms with E-state index in [9.17, 15) is 14.7 Å². The van der Waals surface area contributed by atoms with Crippen molar-refractivity contribution in [1.82, 2.24) is 15.2 Å². The minimum absolute atomic E-state index is 0.00406. The number of nitrogens with one attached hydrogen (secondary N) is 1. The second-order valence-corrected chi connectivity index (χ2v) is 6.19. The third-order valence-corrected chi connectivity index (χ3v) is 4.40. The van der Waals surface area contributed by atoms with Gasteiger partial charge in [-0.15, -0.1) is 0 Å². The van der Waals surface area contributed by atoms with Crippen LogP contribution in [0.15, 0.2) is 36.5 Å². The standard InChI is InChI=1S/C18H23N3O5/c22-12-16-14(20-18(24)15-3-1-2-6-19-15)5-4-13(26-16)11-17(23)21-7-9-25-10-8-21/h1-6,13-14,16,22H,7-12H2,(H,20,24)/t13-,14-,16+/m0/s1. The summed E-state index contributed by atoms with van der Waals surface area (Å²) in [7, 11) is 0. The Morgan fingerprint density at radius 2 is 2.08 bits per heavy atom. The maximum absolute atomic E-state index is 12.3. The van der Waals surface area contributed by atoms with Crippen LogP contribution < -0.4 is 5.32 Å². The summed E-state index contributed by atoms with van der Waals surface area (Å²) in [6.45, 7) is 2.00. The maximum atomic E-state index is 12.3. The highest BCUT2D eigenvalue weighted by molar-refractivity contribution is 5.92. The van der Waals surface area contributed by atoms with Crippen molar-refractivity contribution in [3.05, 3.63) is 42.2 Å². The van der Waals surface area contributed by atoms with Gasteiger partial charge in [0.2, 0.25) is 5.91 Å². The van der Waals surface area contributed by atoms with Gasteiger partial charge < -0.3 is 24.8 Å². The summed E-state index contributed by atoms with van der Waals surface area (Å²) in [5.74, 6) is -0.347.